The van der Waals surface area contributed by atoms with Crippen LogP contribution in [0.15, 0.2) is 16.6 Å². The average molecular weight is 323 g/mol. The lowest BCUT2D eigenvalue weighted by atomic mass is 9.96. The monoisotopic (exact) mass is 322 g/mol. The average Bonchev–Trinajstić information content (AvgIpc) is 2.37. The molecule has 102 valence electrons. The summed E-state index contributed by atoms with van der Waals surface area (Å²) in [5, 5.41) is 4.41. The number of aryl methyl sites for hydroxylation is 1. The van der Waals surface area contributed by atoms with Crippen molar-refractivity contribution in [2.45, 2.75) is 26.7 Å². The van der Waals surface area contributed by atoms with Crippen LogP contribution in [0.1, 0.15) is 31.0 Å². The summed E-state index contributed by atoms with van der Waals surface area (Å²) in [6, 6.07) is 3.94. The number of fused-ring (bicyclic) bond motifs is 1. The zero-order valence-electron chi connectivity index (χ0n) is 12.0. The molecule has 4 heteroatoms. The fraction of sp³-hybridized carbons (Fsp3) is 0.400. The van der Waals surface area contributed by atoms with Crippen LogP contribution in [0.4, 0.5) is 5.69 Å². The lowest BCUT2D eigenvalue weighted by Crippen LogP contribution is -2.05. The van der Waals surface area contributed by atoms with Gasteiger partial charge in [0, 0.05) is 28.3 Å². The van der Waals surface area contributed by atoms with E-state index in [0.29, 0.717) is 5.92 Å². The van der Waals surface area contributed by atoms with Crippen molar-refractivity contribution in [3.05, 3.63) is 27.9 Å². The van der Waals surface area contributed by atoms with Gasteiger partial charge in [-0.2, -0.15) is 0 Å². The minimum absolute atomic E-state index is 0.414. The summed E-state index contributed by atoms with van der Waals surface area (Å²) in [5.41, 5.74) is 4.32. The van der Waals surface area contributed by atoms with E-state index in [1.54, 1.807) is 7.11 Å². The largest absolute Gasteiger partial charge is 0.494 e. The lowest BCUT2D eigenvalue weighted by Gasteiger charge is -2.19. The van der Waals surface area contributed by atoms with Crippen LogP contribution in [0, 0.1) is 6.92 Å². The molecule has 0 aliphatic carbocycles. The number of ether oxygens (including phenoxy) is 1. The van der Waals surface area contributed by atoms with E-state index in [9.17, 15) is 0 Å². The Kier molecular flexibility index (Phi) is 3.99. The molecule has 0 bridgehead atoms. The van der Waals surface area contributed by atoms with E-state index in [1.807, 2.05) is 19.2 Å². The fourth-order valence-electron chi connectivity index (χ4n) is 2.57. The van der Waals surface area contributed by atoms with Crippen LogP contribution in [0.2, 0.25) is 0 Å². The molecule has 0 aliphatic heterocycles. The second kappa shape index (κ2) is 5.37. The smallest absolute Gasteiger partial charge is 0.145 e. The second-order valence-corrected chi connectivity index (χ2v) is 5.72. The molecule has 0 aliphatic rings. The number of anilines is 1. The van der Waals surface area contributed by atoms with Crippen LogP contribution in [-0.4, -0.2) is 19.1 Å². The van der Waals surface area contributed by atoms with Gasteiger partial charge in [-0.3, -0.25) is 0 Å². The number of methoxy groups -OCH3 is 1. The first kappa shape index (κ1) is 14.1. The molecule has 2 rings (SSSR count). The van der Waals surface area contributed by atoms with E-state index in [-0.39, 0.29) is 0 Å². The van der Waals surface area contributed by atoms with Crippen LogP contribution in [0.25, 0.3) is 10.9 Å². The number of nitrogens with one attached hydrogen (secondary N) is 1. The van der Waals surface area contributed by atoms with Crippen molar-refractivity contribution in [2.24, 2.45) is 0 Å². The quantitative estimate of drug-likeness (QED) is 0.904. The zero-order valence-corrected chi connectivity index (χ0v) is 13.6. The van der Waals surface area contributed by atoms with Crippen LogP contribution >= 0.6 is 15.9 Å². The Morgan fingerprint density at radius 1 is 1.32 bits per heavy atom. The zero-order chi connectivity index (χ0) is 14.2. The molecule has 0 spiro atoms. The van der Waals surface area contributed by atoms with Crippen LogP contribution in [0.3, 0.4) is 0 Å². The number of pyridine rings is 1. The number of hydrogen-bond acceptors (Lipinski definition) is 3. The van der Waals surface area contributed by atoms with Gasteiger partial charge in [0.2, 0.25) is 0 Å². The Labute approximate surface area is 122 Å². The predicted molar refractivity (Wildman–Crippen MR) is 84.4 cm³/mol. The molecule has 0 saturated carbocycles. The van der Waals surface area contributed by atoms with Crippen LogP contribution < -0.4 is 10.1 Å². The molecule has 1 N–H and O–H groups in total. The van der Waals surface area contributed by atoms with Crippen LogP contribution in [-0.2, 0) is 0 Å². The predicted octanol–water partition coefficient (Wildman–Crippen LogP) is 4.48. The molecule has 0 radical (unpaired) electrons. The molecule has 3 nitrogen and oxygen atoms in total. The van der Waals surface area contributed by atoms with Crippen molar-refractivity contribution in [3.63, 3.8) is 0 Å². The summed E-state index contributed by atoms with van der Waals surface area (Å²) in [6.07, 6.45) is 0. The number of benzene rings is 1. The minimum Gasteiger partial charge on any atom is -0.494 e. The maximum atomic E-state index is 5.43. The van der Waals surface area contributed by atoms with E-state index < -0.39 is 0 Å². The Balaban J connectivity index is 2.97. The second-order valence-electron chi connectivity index (χ2n) is 4.86. The van der Waals surface area contributed by atoms with Crippen molar-refractivity contribution in [2.75, 3.05) is 19.5 Å². The molecule has 0 fully saturated rings. The van der Waals surface area contributed by atoms with Crippen molar-refractivity contribution < 1.29 is 4.74 Å². The highest BCUT2D eigenvalue weighted by atomic mass is 79.9. The normalized spacial score (nSPS) is 11.1. The highest BCUT2D eigenvalue weighted by molar-refractivity contribution is 9.10. The third-order valence-electron chi connectivity index (χ3n) is 3.33. The van der Waals surface area contributed by atoms with E-state index in [0.717, 1.165) is 32.5 Å². The first-order valence-electron chi connectivity index (χ1n) is 6.35. The van der Waals surface area contributed by atoms with Gasteiger partial charge in [-0.25, -0.2) is 4.98 Å². The van der Waals surface area contributed by atoms with Gasteiger partial charge in [-0.15, -0.1) is 0 Å². The van der Waals surface area contributed by atoms with E-state index in [4.69, 9.17) is 9.72 Å². The molecule has 0 amide bonds. The standard InChI is InChI=1S/C15H19BrN2O/c1-8(2)12-9(3)18-14-11(19-5)7-6-10(16)13(14)15(12)17-4/h6-8H,1-5H3,(H,17,18). The Morgan fingerprint density at radius 2 is 2.00 bits per heavy atom. The van der Waals surface area contributed by atoms with Crippen molar-refractivity contribution >= 4 is 32.5 Å². The summed E-state index contributed by atoms with van der Waals surface area (Å²) in [7, 11) is 3.63. The molecular weight excluding hydrogens is 304 g/mol. The summed E-state index contributed by atoms with van der Waals surface area (Å²) in [6.45, 7) is 6.42. The first-order valence-corrected chi connectivity index (χ1v) is 7.15. The van der Waals surface area contributed by atoms with Crippen molar-refractivity contribution in [1.29, 1.82) is 0 Å². The third-order valence-corrected chi connectivity index (χ3v) is 3.99. The highest BCUT2D eigenvalue weighted by Gasteiger charge is 2.18. The molecule has 1 heterocycles. The van der Waals surface area contributed by atoms with Gasteiger partial charge in [-0.05, 0) is 30.5 Å². The Bertz CT molecular complexity index is 623. The van der Waals surface area contributed by atoms with Gasteiger partial charge in [0.05, 0.1) is 7.11 Å². The number of hydrogen-bond donors (Lipinski definition) is 1. The fourth-order valence-corrected chi connectivity index (χ4v) is 3.09. The topological polar surface area (TPSA) is 34.2 Å². The van der Waals surface area contributed by atoms with Crippen molar-refractivity contribution in [3.8, 4) is 5.75 Å². The van der Waals surface area contributed by atoms with E-state index >= 15 is 0 Å². The number of aromatic nitrogens is 1. The van der Waals surface area contributed by atoms with E-state index in [1.165, 1.54) is 5.56 Å². The summed E-state index contributed by atoms with van der Waals surface area (Å²) < 4.78 is 6.46. The Hall–Kier alpha value is -1.29. The molecule has 0 atom stereocenters. The summed E-state index contributed by atoms with van der Waals surface area (Å²) >= 11 is 3.62. The molecule has 2 aromatic rings. The lowest BCUT2D eigenvalue weighted by molar-refractivity contribution is 0.418. The van der Waals surface area contributed by atoms with Crippen molar-refractivity contribution in [1.82, 2.24) is 4.98 Å². The van der Waals surface area contributed by atoms with Crippen LogP contribution in [0.5, 0.6) is 5.75 Å². The molecular formula is C15H19BrN2O. The van der Waals surface area contributed by atoms with Gasteiger partial charge in [0.1, 0.15) is 11.3 Å². The maximum absolute atomic E-state index is 5.43. The molecule has 1 aromatic heterocycles. The third kappa shape index (κ3) is 2.29. The summed E-state index contributed by atoms with van der Waals surface area (Å²) in [4.78, 5) is 4.74. The Morgan fingerprint density at radius 3 is 2.53 bits per heavy atom. The van der Waals surface area contributed by atoms with Gasteiger partial charge in [0.15, 0.2) is 0 Å². The maximum Gasteiger partial charge on any atom is 0.145 e. The SMILES string of the molecule is CNc1c(C(C)C)c(C)nc2c(OC)ccc(Br)c12. The van der Waals surface area contributed by atoms with Gasteiger partial charge < -0.3 is 10.1 Å². The first-order chi connectivity index (χ1) is 9.01. The minimum atomic E-state index is 0.414. The summed E-state index contributed by atoms with van der Waals surface area (Å²) in [5.74, 6) is 1.21. The van der Waals surface area contributed by atoms with Gasteiger partial charge in [0.25, 0.3) is 0 Å². The highest BCUT2D eigenvalue weighted by Crippen LogP contribution is 2.40. The van der Waals surface area contributed by atoms with Gasteiger partial charge in [-0.1, -0.05) is 29.8 Å². The molecule has 0 saturated heterocycles. The van der Waals surface area contributed by atoms with Gasteiger partial charge >= 0.3 is 0 Å². The number of rotatable bonds is 3. The molecule has 0 unspecified atom stereocenters. The molecule has 19 heavy (non-hydrogen) atoms. The van der Waals surface area contributed by atoms with E-state index in [2.05, 4.69) is 42.0 Å². The molecule has 1 aromatic carbocycles. The number of halogens is 1. The number of nitrogens with zero attached hydrogens (tertiary/aromatic N) is 1.